The first kappa shape index (κ1) is 16.2. The summed E-state index contributed by atoms with van der Waals surface area (Å²) in [7, 11) is 0. The summed E-state index contributed by atoms with van der Waals surface area (Å²) in [5, 5.41) is 7.97. The second-order valence-corrected chi connectivity index (χ2v) is 5.89. The molecule has 21 heavy (non-hydrogen) atoms. The van der Waals surface area contributed by atoms with Crippen molar-refractivity contribution in [1.82, 2.24) is 15.1 Å². The maximum atomic E-state index is 13.2. The van der Waals surface area contributed by atoms with Crippen molar-refractivity contribution in [2.24, 2.45) is 0 Å². The fourth-order valence-corrected chi connectivity index (χ4v) is 2.89. The van der Waals surface area contributed by atoms with Gasteiger partial charge in [0.25, 0.3) is 0 Å². The van der Waals surface area contributed by atoms with Gasteiger partial charge in [0.2, 0.25) is 0 Å². The van der Waals surface area contributed by atoms with Gasteiger partial charge in [-0.2, -0.15) is 5.10 Å². The first-order valence-electron chi connectivity index (χ1n) is 7.37. The summed E-state index contributed by atoms with van der Waals surface area (Å²) < 4.78 is 16.2. The van der Waals surface area contributed by atoms with E-state index in [-0.39, 0.29) is 11.9 Å². The highest BCUT2D eigenvalue weighted by Gasteiger charge is 2.21. The molecule has 0 bridgehead atoms. The molecule has 1 aromatic heterocycles. The lowest BCUT2D eigenvalue weighted by atomic mass is 10.0. The Hall–Kier alpha value is -1.20. The Morgan fingerprint density at radius 1 is 1.24 bits per heavy atom. The molecule has 0 aliphatic heterocycles. The van der Waals surface area contributed by atoms with Crippen LogP contribution in [0.15, 0.2) is 34.9 Å². The normalized spacial score (nSPS) is 12.6. The van der Waals surface area contributed by atoms with Gasteiger partial charge in [0.15, 0.2) is 0 Å². The van der Waals surface area contributed by atoms with Crippen molar-refractivity contribution in [3.8, 4) is 0 Å². The highest BCUT2D eigenvalue weighted by Crippen LogP contribution is 2.29. The van der Waals surface area contributed by atoms with Gasteiger partial charge in [-0.05, 0) is 53.0 Å². The number of rotatable bonds is 7. The van der Waals surface area contributed by atoms with Crippen molar-refractivity contribution >= 4 is 15.9 Å². The smallest absolute Gasteiger partial charge is 0.123 e. The van der Waals surface area contributed by atoms with Gasteiger partial charge in [0.1, 0.15) is 5.82 Å². The SMILES string of the molecule is CCCNC(c1ccc(F)cc1)c1c(Br)cnn1CCC. The molecule has 114 valence electrons. The summed E-state index contributed by atoms with van der Waals surface area (Å²) in [5.74, 6) is -0.214. The minimum Gasteiger partial charge on any atom is -0.305 e. The van der Waals surface area contributed by atoms with E-state index < -0.39 is 0 Å². The monoisotopic (exact) mass is 353 g/mol. The third-order valence-corrected chi connectivity index (χ3v) is 3.95. The third kappa shape index (κ3) is 3.92. The number of hydrogen-bond acceptors (Lipinski definition) is 2. The lowest BCUT2D eigenvalue weighted by molar-refractivity contribution is 0.509. The first-order valence-corrected chi connectivity index (χ1v) is 8.16. The van der Waals surface area contributed by atoms with E-state index in [0.29, 0.717) is 0 Å². The molecule has 0 amide bonds. The quantitative estimate of drug-likeness (QED) is 0.804. The molecule has 0 saturated carbocycles. The Labute approximate surface area is 133 Å². The van der Waals surface area contributed by atoms with Gasteiger partial charge in [0, 0.05) is 6.54 Å². The zero-order chi connectivity index (χ0) is 15.2. The van der Waals surface area contributed by atoms with Gasteiger partial charge in [-0.15, -0.1) is 0 Å². The predicted molar refractivity (Wildman–Crippen MR) is 86.8 cm³/mol. The van der Waals surface area contributed by atoms with Crippen LogP contribution < -0.4 is 5.32 Å². The van der Waals surface area contributed by atoms with E-state index in [2.05, 4.69) is 40.2 Å². The fourth-order valence-electron chi connectivity index (χ4n) is 2.37. The van der Waals surface area contributed by atoms with Crippen LogP contribution in [0.2, 0.25) is 0 Å². The summed E-state index contributed by atoms with van der Waals surface area (Å²) in [4.78, 5) is 0. The fraction of sp³-hybridized carbons (Fsp3) is 0.438. The molecule has 0 radical (unpaired) electrons. The molecule has 1 atom stereocenters. The van der Waals surface area contributed by atoms with Crippen LogP contribution in [0.25, 0.3) is 0 Å². The van der Waals surface area contributed by atoms with E-state index in [1.54, 1.807) is 0 Å². The van der Waals surface area contributed by atoms with Crippen LogP contribution in [0.4, 0.5) is 4.39 Å². The molecule has 0 spiro atoms. The molecule has 2 aromatic rings. The number of aryl methyl sites for hydroxylation is 1. The van der Waals surface area contributed by atoms with Crippen LogP contribution in [-0.4, -0.2) is 16.3 Å². The number of hydrogen-bond donors (Lipinski definition) is 1. The maximum Gasteiger partial charge on any atom is 0.123 e. The second kappa shape index (κ2) is 7.71. The number of aromatic nitrogens is 2. The Balaban J connectivity index is 2.40. The van der Waals surface area contributed by atoms with Crippen molar-refractivity contribution < 1.29 is 4.39 Å². The zero-order valence-corrected chi connectivity index (χ0v) is 14.0. The minimum atomic E-state index is -0.214. The molecule has 0 aliphatic carbocycles. The average Bonchev–Trinajstić information content (AvgIpc) is 2.83. The average molecular weight is 354 g/mol. The standard InChI is InChI=1S/C16H21BrFN3/c1-3-9-19-15(12-5-7-13(18)8-6-12)16-14(17)11-20-21(16)10-4-2/h5-8,11,15,19H,3-4,9-10H2,1-2H3. The molecule has 0 saturated heterocycles. The van der Waals surface area contributed by atoms with Crippen molar-refractivity contribution in [2.45, 2.75) is 39.3 Å². The predicted octanol–water partition coefficient (Wildman–Crippen LogP) is 4.28. The van der Waals surface area contributed by atoms with Crippen LogP contribution in [0.1, 0.15) is 44.0 Å². The van der Waals surface area contributed by atoms with Gasteiger partial charge in [0.05, 0.1) is 22.4 Å². The van der Waals surface area contributed by atoms with Gasteiger partial charge in [-0.1, -0.05) is 26.0 Å². The molecule has 1 N–H and O–H groups in total. The summed E-state index contributed by atoms with van der Waals surface area (Å²) in [6, 6.07) is 6.68. The molecule has 3 nitrogen and oxygen atoms in total. The largest absolute Gasteiger partial charge is 0.305 e. The van der Waals surface area contributed by atoms with Gasteiger partial charge < -0.3 is 5.32 Å². The van der Waals surface area contributed by atoms with Gasteiger partial charge >= 0.3 is 0 Å². The van der Waals surface area contributed by atoms with Gasteiger partial charge in [-0.3, -0.25) is 4.68 Å². The molecule has 5 heteroatoms. The van der Waals surface area contributed by atoms with Crippen molar-refractivity contribution in [2.75, 3.05) is 6.54 Å². The lowest BCUT2D eigenvalue weighted by Gasteiger charge is -2.21. The number of nitrogens with zero attached hydrogens (tertiary/aromatic N) is 2. The summed E-state index contributed by atoms with van der Waals surface area (Å²) in [6.45, 7) is 6.02. The van der Waals surface area contributed by atoms with Crippen molar-refractivity contribution in [3.63, 3.8) is 0 Å². The van der Waals surface area contributed by atoms with E-state index >= 15 is 0 Å². The Morgan fingerprint density at radius 2 is 1.95 bits per heavy atom. The molecule has 2 rings (SSSR count). The molecule has 0 aliphatic rings. The molecular formula is C16H21BrFN3. The van der Waals surface area contributed by atoms with E-state index in [1.807, 2.05) is 23.0 Å². The van der Waals surface area contributed by atoms with E-state index in [1.165, 1.54) is 12.1 Å². The molecule has 1 unspecified atom stereocenters. The molecule has 1 aromatic carbocycles. The van der Waals surface area contributed by atoms with Crippen LogP contribution in [0.3, 0.4) is 0 Å². The van der Waals surface area contributed by atoms with E-state index in [0.717, 1.165) is 41.7 Å². The summed E-state index contributed by atoms with van der Waals surface area (Å²) in [5.41, 5.74) is 2.14. The topological polar surface area (TPSA) is 29.9 Å². The Bertz CT molecular complexity index is 565. The third-order valence-electron chi connectivity index (χ3n) is 3.34. The highest BCUT2D eigenvalue weighted by atomic mass is 79.9. The zero-order valence-electron chi connectivity index (χ0n) is 12.4. The number of halogens is 2. The van der Waals surface area contributed by atoms with Crippen molar-refractivity contribution in [1.29, 1.82) is 0 Å². The molecule has 0 fully saturated rings. The van der Waals surface area contributed by atoms with E-state index in [4.69, 9.17) is 0 Å². The summed E-state index contributed by atoms with van der Waals surface area (Å²) in [6.07, 6.45) is 3.89. The van der Waals surface area contributed by atoms with Crippen LogP contribution >= 0.6 is 15.9 Å². The van der Waals surface area contributed by atoms with Crippen LogP contribution in [-0.2, 0) is 6.54 Å². The van der Waals surface area contributed by atoms with Crippen molar-refractivity contribution in [3.05, 3.63) is 52.0 Å². The van der Waals surface area contributed by atoms with E-state index in [9.17, 15) is 4.39 Å². The molecular weight excluding hydrogens is 333 g/mol. The molecule has 1 heterocycles. The highest BCUT2D eigenvalue weighted by molar-refractivity contribution is 9.10. The summed E-state index contributed by atoms with van der Waals surface area (Å²) >= 11 is 3.59. The second-order valence-electron chi connectivity index (χ2n) is 5.04. The van der Waals surface area contributed by atoms with Crippen LogP contribution in [0.5, 0.6) is 0 Å². The van der Waals surface area contributed by atoms with Gasteiger partial charge in [-0.25, -0.2) is 4.39 Å². The number of benzene rings is 1. The minimum absolute atomic E-state index is 0.00831. The maximum absolute atomic E-state index is 13.2. The first-order chi connectivity index (χ1) is 10.2. The number of nitrogens with one attached hydrogen (secondary N) is 1. The lowest BCUT2D eigenvalue weighted by Crippen LogP contribution is -2.26. The Morgan fingerprint density at radius 3 is 2.57 bits per heavy atom. The Kier molecular flexibility index (Phi) is 5.94. The van der Waals surface area contributed by atoms with Crippen LogP contribution in [0, 0.1) is 5.82 Å².